The van der Waals surface area contributed by atoms with Gasteiger partial charge in [0, 0.05) is 26.2 Å². The van der Waals surface area contributed by atoms with Crippen LogP contribution in [-0.4, -0.2) is 56.0 Å². The predicted octanol–water partition coefficient (Wildman–Crippen LogP) is 3.70. The SMILES string of the molecule is BCCN1CCC(CN(Cc2ccccc2)C(=O)NCc2ccc(OC3CCC3)cc2)C1. The molecule has 170 valence electrons. The van der Waals surface area contributed by atoms with Crippen LogP contribution in [0, 0.1) is 5.92 Å². The van der Waals surface area contributed by atoms with E-state index < -0.39 is 0 Å². The van der Waals surface area contributed by atoms with Gasteiger partial charge in [-0.05, 0) is 68.0 Å². The Hall–Kier alpha value is -2.47. The lowest BCUT2D eigenvalue weighted by molar-refractivity contribution is 0.120. The number of hydrogen-bond acceptors (Lipinski definition) is 3. The van der Waals surface area contributed by atoms with Crippen molar-refractivity contribution < 1.29 is 9.53 Å². The first-order chi connectivity index (χ1) is 15.7. The Labute approximate surface area is 193 Å². The highest BCUT2D eigenvalue weighted by Gasteiger charge is 2.26. The molecule has 1 aliphatic heterocycles. The Balaban J connectivity index is 1.32. The molecule has 2 aromatic carbocycles. The van der Waals surface area contributed by atoms with E-state index in [2.05, 4.69) is 42.3 Å². The van der Waals surface area contributed by atoms with Crippen molar-refractivity contribution >= 4 is 13.9 Å². The summed E-state index contributed by atoms with van der Waals surface area (Å²) in [6, 6.07) is 18.4. The summed E-state index contributed by atoms with van der Waals surface area (Å²) < 4.78 is 5.94. The van der Waals surface area contributed by atoms with Crippen molar-refractivity contribution in [3.63, 3.8) is 0 Å². The van der Waals surface area contributed by atoms with E-state index in [0.29, 0.717) is 25.1 Å². The van der Waals surface area contributed by atoms with Crippen LogP contribution in [0.5, 0.6) is 5.75 Å². The molecule has 5 nitrogen and oxygen atoms in total. The maximum atomic E-state index is 13.2. The number of rotatable bonds is 10. The van der Waals surface area contributed by atoms with Crippen molar-refractivity contribution in [2.75, 3.05) is 26.2 Å². The second-order valence-electron chi connectivity index (χ2n) is 9.29. The third-order valence-corrected chi connectivity index (χ3v) is 6.61. The molecule has 1 heterocycles. The summed E-state index contributed by atoms with van der Waals surface area (Å²) in [7, 11) is 2.23. The van der Waals surface area contributed by atoms with Gasteiger partial charge in [0.2, 0.25) is 0 Å². The number of urea groups is 1. The van der Waals surface area contributed by atoms with Crippen LogP contribution in [0.3, 0.4) is 0 Å². The zero-order chi connectivity index (χ0) is 22.2. The first kappa shape index (κ1) is 22.7. The normalized spacial score (nSPS) is 18.8. The predicted molar refractivity (Wildman–Crippen MR) is 132 cm³/mol. The van der Waals surface area contributed by atoms with E-state index in [0.717, 1.165) is 50.3 Å². The molecule has 1 saturated carbocycles. The van der Waals surface area contributed by atoms with E-state index >= 15 is 0 Å². The zero-order valence-corrected chi connectivity index (χ0v) is 19.3. The average Bonchev–Trinajstić information content (AvgIpc) is 3.23. The van der Waals surface area contributed by atoms with Gasteiger partial charge >= 0.3 is 6.03 Å². The first-order valence-corrected chi connectivity index (χ1v) is 12.2. The molecule has 4 rings (SSSR count). The summed E-state index contributed by atoms with van der Waals surface area (Å²) in [5.41, 5.74) is 2.26. The minimum atomic E-state index is 0.0117. The van der Waals surface area contributed by atoms with E-state index in [-0.39, 0.29) is 6.03 Å². The molecule has 1 N–H and O–H groups in total. The summed E-state index contributed by atoms with van der Waals surface area (Å²) in [4.78, 5) is 17.7. The second-order valence-corrected chi connectivity index (χ2v) is 9.29. The molecule has 0 aromatic heterocycles. The number of hydrogen-bond donors (Lipinski definition) is 1. The van der Waals surface area contributed by atoms with Crippen LogP contribution < -0.4 is 10.1 Å². The summed E-state index contributed by atoms with van der Waals surface area (Å²) in [5.74, 6) is 1.47. The summed E-state index contributed by atoms with van der Waals surface area (Å²) >= 11 is 0. The van der Waals surface area contributed by atoms with Gasteiger partial charge in [0.15, 0.2) is 0 Å². The lowest BCUT2D eigenvalue weighted by Crippen LogP contribution is -2.42. The van der Waals surface area contributed by atoms with Crippen molar-refractivity contribution in [2.24, 2.45) is 5.92 Å². The number of likely N-dealkylation sites (tertiary alicyclic amines) is 1. The van der Waals surface area contributed by atoms with Gasteiger partial charge in [-0.1, -0.05) is 48.8 Å². The van der Waals surface area contributed by atoms with Gasteiger partial charge in [-0.3, -0.25) is 0 Å². The number of carbonyl (C=O) groups excluding carboxylic acids is 1. The number of nitrogens with zero attached hydrogens (tertiary/aromatic N) is 2. The molecular weight excluding hydrogens is 397 g/mol. The van der Waals surface area contributed by atoms with Crippen LogP contribution >= 0.6 is 0 Å². The molecule has 2 aliphatic rings. The minimum Gasteiger partial charge on any atom is -0.490 e. The minimum absolute atomic E-state index is 0.0117. The Morgan fingerprint density at radius 3 is 2.53 bits per heavy atom. The molecule has 32 heavy (non-hydrogen) atoms. The molecule has 2 fully saturated rings. The molecule has 6 heteroatoms. The Morgan fingerprint density at radius 2 is 1.84 bits per heavy atom. The van der Waals surface area contributed by atoms with Gasteiger partial charge in [-0.15, -0.1) is 0 Å². The van der Waals surface area contributed by atoms with E-state index in [4.69, 9.17) is 4.74 Å². The van der Waals surface area contributed by atoms with Crippen LogP contribution in [0.25, 0.3) is 0 Å². The number of ether oxygens (including phenoxy) is 1. The molecule has 0 bridgehead atoms. The third kappa shape index (κ3) is 6.52. The number of nitrogens with one attached hydrogen (secondary N) is 1. The molecule has 1 saturated heterocycles. The molecule has 1 atom stereocenters. The Kier molecular flexibility index (Phi) is 8.10. The average molecular weight is 433 g/mol. The van der Waals surface area contributed by atoms with Crippen LogP contribution in [-0.2, 0) is 13.1 Å². The van der Waals surface area contributed by atoms with E-state index in [1.54, 1.807) is 0 Å². The fourth-order valence-electron chi connectivity index (χ4n) is 4.57. The molecule has 2 amide bonds. The van der Waals surface area contributed by atoms with Crippen molar-refractivity contribution in [3.05, 3.63) is 65.7 Å². The van der Waals surface area contributed by atoms with Crippen molar-refractivity contribution in [3.8, 4) is 5.75 Å². The second kappa shape index (κ2) is 11.4. The van der Waals surface area contributed by atoms with Gasteiger partial charge in [0.1, 0.15) is 13.6 Å². The summed E-state index contributed by atoms with van der Waals surface area (Å²) in [6.07, 6.45) is 6.33. The van der Waals surface area contributed by atoms with Gasteiger partial charge in [-0.25, -0.2) is 4.79 Å². The number of benzene rings is 2. The van der Waals surface area contributed by atoms with Crippen LogP contribution in [0.15, 0.2) is 54.6 Å². The maximum Gasteiger partial charge on any atom is 0.317 e. The van der Waals surface area contributed by atoms with Gasteiger partial charge in [0.25, 0.3) is 0 Å². The summed E-state index contributed by atoms with van der Waals surface area (Å²) in [5, 5.41) is 3.14. The van der Waals surface area contributed by atoms with E-state index in [9.17, 15) is 4.79 Å². The van der Waals surface area contributed by atoms with Crippen LogP contribution in [0.2, 0.25) is 6.32 Å². The van der Waals surface area contributed by atoms with Crippen molar-refractivity contribution in [1.82, 2.24) is 15.1 Å². The summed E-state index contributed by atoms with van der Waals surface area (Å²) in [6.45, 7) is 5.37. The van der Waals surface area contributed by atoms with Crippen molar-refractivity contribution in [2.45, 2.75) is 51.2 Å². The highest BCUT2D eigenvalue weighted by Crippen LogP contribution is 2.25. The Morgan fingerprint density at radius 1 is 1.06 bits per heavy atom. The molecule has 1 unspecified atom stereocenters. The monoisotopic (exact) mass is 433 g/mol. The lowest BCUT2D eigenvalue weighted by Gasteiger charge is -2.27. The lowest BCUT2D eigenvalue weighted by atomic mass is 9.96. The fourth-order valence-corrected chi connectivity index (χ4v) is 4.57. The topological polar surface area (TPSA) is 44.8 Å². The van der Waals surface area contributed by atoms with Gasteiger partial charge in [-0.2, -0.15) is 0 Å². The first-order valence-electron chi connectivity index (χ1n) is 12.2. The number of carbonyl (C=O) groups is 1. The molecule has 0 spiro atoms. The zero-order valence-electron chi connectivity index (χ0n) is 19.3. The van der Waals surface area contributed by atoms with Crippen LogP contribution in [0.1, 0.15) is 36.8 Å². The van der Waals surface area contributed by atoms with Gasteiger partial charge < -0.3 is 19.9 Å². The Bertz CT molecular complexity index is 842. The largest absolute Gasteiger partial charge is 0.490 e. The van der Waals surface area contributed by atoms with Crippen LogP contribution in [0.4, 0.5) is 4.79 Å². The molecule has 2 aromatic rings. The molecular formula is C26H36BN3O2. The van der Waals surface area contributed by atoms with E-state index in [1.165, 1.54) is 24.7 Å². The highest BCUT2D eigenvalue weighted by atomic mass is 16.5. The number of amides is 2. The maximum absolute atomic E-state index is 13.2. The van der Waals surface area contributed by atoms with Gasteiger partial charge in [0.05, 0.1) is 6.10 Å². The smallest absolute Gasteiger partial charge is 0.317 e. The standard InChI is InChI=1S/C26H36BN3O2/c27-14-16-29-15-13-23(18-29)20-30(19-22-5-2-1-3-6-22)26(31)28-17-21-9-11-25(12-10-21)32-24-7-4-8-24/h1-3,5-6,9-12,23-24H,4,7-8,13-20,27H2,(H,28,31). The van der Waals surface area contributed by atoms with E-state index in [1.807, 2.05) is 35.2 Å². The third-order valence-electron chi connectivity index (χ3n) is 6.61. The van der Waals surface area contributed by atoms with Crippen molar-refractivity contribution in [1.29, 1.82) is 0 Å². The fraction of sp³-hybridized carbons (Fsp3) is 0.500. The molecule has 1 aliphatic carbocycles. The highest BCUT2D eigenvalue weighted by molar-refractivity contribution is 6.08. The quantitative estimate of drug-likeness (QED) is 0.582. The molecule has 0 radical (unpaired) electrons.